The van der Waals surface area contributed by atoms with Gasteiger partial charge in [-0.25, -0.2) is 0 Å². The largest absolute Gasteiger partial charge is 0.493 e. The van der Waals surface area contributed by atoms with Crippen LogP contribution in [0, 0.1) is 0 Å². The average molecular weight is 336 g/mol. The highest BCUT2D eigenvalue weighted by molar-refractivity contribution is 5.85. The van der Waals surface area contributed by atoms with Crippen LogP contribution in [0.15, 0.2) is 18.2 Å². The Morgan fingerprint density at radius 2 is 1.71 bits per heavy atom. The molecule has 0 aromatic heterocycles. The number of alkyl halides is 5. The lowest BCUT2D eigenvalue weighted by molar-refractivity contribution is -0.291. The molecule has 122 valence electrons. The van der Waals surface area contributed by atoms with Crippen molar-refractivity contribution in [1.29, 1.82) is 0 Å². The molecular weight excluding hydrogens is 321 g/mol. The fourth-order valence-electron chi connectivity index (χ4n) is 1.54. The molecule has 0 heterocycles. The van der Waals surface area contributed by atoms with Crippen LogP contribution in [-0.4, -0.2) is 25.8 Å². The Hall–Kier alpha value is -1.28. The third-order valence-electron chi connectivity index (χ3n) is 2.62. The smallest absolute Gasteiger partial charge is 0.455 e. The van der Waals surface area contributed by atoms with E-state index >= 15 is 0 Å². The van der Waals surface area contributed by atoms with E-state index in [0.717, 1.165) is 12.1 Å². The molecule has 0 fully saturated rings. The van der Waals surface area contributed by atoms with E-state index in [1.54, 1.807) is 6.92 Å². The standard InChI is InChI=1S/C12H14F5NO2.ClH/c1-3-20-8-5-4-7(6-9(8)19-2)10(18)11(13,14)12(15,16)17;/h4-6,10H,3,18H2,1-2H3;1H/t10-;/m1./s1. The summed E-state index contributed by atoms with van der Waals surface area (Å²) in [5.41, 5.74) is 4.64. The lowest BCUT2D eigenvalue weighted by atomic mass is 10.0. The van der Waals surface area contributed by atoms with E-state index in [1.807, 2.05) is 0 Å². The SMILES string of the molecule is CCOc1ccc([C@@H](N)C(F)(F)C(F)(F)F)cc1OC.Cl. The molecule has 0 aliphatic carbocycles. The number of hydrogen-bond acceptors (Lipinski definition) is 3. The number of methoxy groups -OCH3 is 1. The Morgan fingerprint density at radius 3 is 2.14 bits per heavy atom. The van der Waals surface area contributed by atoms with Gasteiger partial charge in [0.2, 0.25) is 0 Å². The van der Waals surface area contributed by atoms with Crippen LogP contribution in [0.3, 0.4) is 0 Å². The van der Waals surface area contributed by atoms with Crippen molar-refractivity contribution in [1.82, 2.24) is 0 Å². The first kappa shape index (κ1) is 19.7. The van der Waals surface area contributed by atoms with Gasteiger partial charge >= 0.3 is 12.1 Å². The minimum atomic E-state index is -5.72. The molecule has 1 atom stereocenters. The van der Waals surface area contributed by atoms with Crippen LogP contribution in [0.2, 0.25) is 0 Å². The molecule has 0 bridgehead atoms. The summed E-state index contributed by atoms with van der Waals surface area (Å²) in [5.74, 6) is -4.76. The van der Waals surface area contributed by atoms with E-state index in [2.05, 4.69) is 0 Å². The van der Waals surface area contributed by atoms with Crippen LogP contribution >= 0.6 is 12.4 Å². The minimum absolute atomic E-state index is 0. The number of benzene rings is 1. The molecule has 3 nitrogen and oxygen atoms in total. The third kappa shape index (κ3) is 4.10. The molecule has 2 N–H and O–H groups in total. The first-order chi connectivity index (χ1) is 9.15. The van der Waals surface area contributed by atoms with Crippen molar-refractivity contribution in [3.05, 3.63) is 23.8 Å². The van der Waals surface area contributed by atoms with Crippen LogP contribution in [-0.2, 0) is 0 Å². The molecule has 0 saturated heterocycles. The second kappa shape index (κ2) is 7.13. The average Bonchev–Trinajstić information content (AvgIpc) is 2.37. The number of halogens is 6. The zero-order valence-corrected chi connectivity index (χ0v) is 12.0. The molecule has 0 aliphatic heterocycles. The second-order valence-electron chi connectivity index (χ2n) is 3.94. The van der Waals surface area contributed by atoms with Crippen LogP contribution in [0.25, 0.3) is 0 Å². The van der Waals surface area contributed by atoms with E-state index in [-0.39, 0.29) is 23.9 Å². The van der Waals surface area contributed by atoms with Gasteiger partial charge in [-0.2, -0.15) is 22.0 Å². The predicted octanol–water partition coefficient (Wildman–Crippen LogP) is 3.71. The van der Waals surface area contributed by atoms with Gasteiger partial charge in [0.1, 0.15) is 6.04 Å². The van der Waals surface area contributed by atoms with E-state index in [1.165, 1.54) is 13.2 Å². The summed E-state index contributed by atoms with van der Waals surface area (Å²) in [7, 11) is 1.25. The van der Waals surface area contributed by atoms with E-state index < -0.39 is 23.7 Å². The second-order valence-corrected chi connectivity index (χ2v) is 3.94. The molecule has 0 unspecified atom stereocenters. The van der Waals surface area contributed by atoms with Crippen molar-refractivity contribution in [2.75, 3.05) is 13.7 Å². The molecule has 1 aromatic rings. The molecule has 1 aromatic carbocycles. The summed E-state index contributed by atoms with van der Waals surface area (Å²) < 4.78 is 73.2. The Bertz CT molecular complexity index is 467. The van der Waals surface area contributed by atoms with Crippen LogP contribution in [0.1, 0.15) is 18.5 Å². The summed E-state index contributed by atoms with van der Waals surface area (Å²) >= 11 is 0. The van der Waals surface area contributed by atoms with Crippen LogP contribution in [0.5, 0.6) is 11.5 Å². The van der Waals surface area contributed by atoms with Gasteiger partial charge in [0, 0.05) is 0 Å². The Kier molecular flexibility index (Phi) is 6.69. The van der Waals surface area contributed by atoms with Crippen molar-refractivity contribution < 1.29 is 31.4 Å². The molecule has 21 heavy (non-hydrogen) atoms. The normalized spacial score (nSPS) is 13.3. The van der Waals surface area contributed by atoms with Gasteiger partial charge in [0.05, 0.1) is 13.7 Å². The minimum Gasteiger partial charge on any atom is -0.493 e. The molecule has 0 spiro atoms. The molecule has 0 aliphatic rings. The van der Waals surface area contributed by atoms with Gasteiger partial charge in [0.15, 0.2) is 11.5 Å². The number of hydrogen-bond donors (Lipinski definition) is 1. The topological polar surface area (TPSA) is 44.5 Å². The number of ether oxygens (including phenoxy) is 2. The molecule has 0 radical (unpaired) electrons. The summed E-state index contributed by atoms with van der Waals surface area (Å²) in [4.78, 5) is 0. The quantitative estimate of drug-likeness (QED) is 0.834. The number of nitrogens with two attached hydrogens (primary N) is 1. The summed E-state index contributed by atoms with van der Waals surface area (Å²) in [6, 6.07) is 0.781. The first-order valence-corrected chi connectivity index (χ1v) is 5.66. The van der Waals surface area contributed by atoms with Crippen molar-refractivity contribution >= 4 is 12.4 Å². The van der Waals surface area contributed by atoms with Crippen LogP contribution in [0.4, 0.5) is 22.0 Å². The fourth-order valence-corrected chi connectivity index (χ4v) is 1.54. The highest BCUT2D eigenvalue weighted by Crippen LogP contribution is 2.44. The van der Waals surface area contributed by atoms with Gasteiger partial charge in [-0.3, -0.25) is 0 Å². The summed E-state index contributed by atoms with van der Waals surface area (Å²) in [5, 5.41) is 0. The van der Waals surface area contributed by atoms with E-state index in [9.17, 15) is 22.0 Å². The molecular formula is C12H15ClF5NO2. The predicted molar refractivity (Wildman–Crippen MR) is 69.3 cm³/mol. The lowest BCUT2D eigenvalue weighted by Crippen LogP contribution is -2.45. The Labute approximate surface area is 124 Å². The zero-order chi connectivity index (χ0) is 15.6. The molecule has 9 heteroatoms. The Morgan fingerprint density at radius 1 is 1.14 bits per heavy atom. The highest BCUT2D eigenvalue weighted by Gasteiger charge is 2.61. The zero-order valence-electron chi connectivity index (χ0n) is 11.2. The third-order valence-corrected chi connectivity index (χ3v) is 2.62. The van der Waals surface area contributed by atoms with Crippen molar-refractivity contribution in [2.45, 2.75) is 25.1 Å². The molecule has 0 amide bonds. The number of rotatable bonds is 5. The highest BCUT2D eigenvalue weighted by atomic mass is 35.5. The lowest BCUT2D eigenvalue weighted by Gasteiger charge is -2.26. The molecule has 0 saturated carbocycles. The van der Waals surface area contributed by atoms with Gasteiger partial charge in [0.25, 0.3) is 0 Å². The van der Waals surface area contributed by atoms with Gasteiger partial charge in [-0.15, -0.1) is 12.4 Å². The summed E-state index contributed by atoms with van der Waals surface area (Å²) in [6.45, 7) is 1.98. The Balaban J connectivity index is 0.00000400. The molecule has 1 rings (SSSR count). The van der Waals surface area contributed by atoms with Gasteiger partial charge < -0.3 is 15.2 Å². The van der Waals surface area contributed by atoms with Crippen molar-refractivity contribution in [3.8, 4) is 11.5 Å². The monoisotopic (exact) mass is 335 g/mol. The maximum atomic E-state index is 13.2. The van der Waals surface area contributed by atoms with Crippen molar-refractivity contribution in [2.24, 2.45) is 5.73 Å². The van der Waals surface area contributed by atoms with Gasteiger partial charge in [-0.1, -0.05) is 6.07 Å². The maximum absolute atomic E-state index is 13.2. The first-order valence-electron chi connectivity index (χ1n) is 5.66. The maximum Gasteiger partial charge on any atom is 0.455 e. The van der Waals surface area contributed by atoms with E-state index in [0.29, 0.717) is 6.61 Å². The van der Waals surface area contributed by atoms with Crippen LogP contribution < -0.4 is 15.2 Å². The summed E-state index contributed by atoms with van der Waals surface area (Å²) in [6.07, 6.45) is -5.72. The van der Waals surface area contributed by atoms with Gasteiger partial charge in [-0.05, 0) is 24.6 Å². The van der Waals surface area contributed by atoms with Crippen molar-refractivity contribution in [3.63, 3.8) is 0 Å². The van der Waals surface area contributed by atoms with E-state index in [4.69, 9.17) is 15.2 Å². The fraction of sp³-hybridized carbons (Fsp3) is 0.500.